The van der Waals surface area contributed by atoms with Crippen molar-refractivity contribution in [2.45, 2.75) is 78.4 Å². The van der Waals surface area contributed by atoms with Crippen LogP contribution in [0.15, 0.2) is 36.7 Å². The highest BCUT2D eigenvalue weighted by molar-refractivity contribution is 9.09. The normalized spacial score (nSPS) is 16.0. The fraction of sp³-hybridized carbons (Fsp3) is 0.625. The van der Waals surface area contributed by atoms with E-state index in [0.717, 1.165) is 49.9 Å². The molecule has 2 saturated heterocycles. The van der Waals surface area contributed by atoms with Gasteiger partial charge in [-0.25, -0.2) is 19.6 Å². The molecule has 2 aromatic rings. The van der Waals surface area contributed by atoms with Gasteiger partial charge < -0.3 is 29.1 Å². The summed E-state index contributed by atoms with van der Waals surface area (Å²) in [5.41, 5.74) is -0.831. The van der Waals surface area contributed by atoms with Crippen LogP contribution in [0.5, 0.6) is 11.5 Å². The van der Waals surface area contributed by atoms with Crippen molar-refractivity contribution in [2.24, 2.45) is 11.8 Å². The Morgan fingerprint density at radius 2 is 1.24 bits per heavy atom. The summed E-state index contributed by atoms with van der Waals surface area (Å²) in [6.07, 6.45) is 6.50. The van der Waals surface area contributed by atoms with Crippen molar-refractivity contribution in [2.75, 3.05) is 38.1 Å². The van der Waals surface area contributed by atoms with E-state index in [1.807, 2.05) is 52.5 Å². The van der Waals surface area contributed by atoms with Gasteiger partial charge in [-0.05, 0) is 103 Å². The minimum absolute atomic E-state index is 0.134. The molecule has 2 aliphatic rings. The Hall–Kier alpha value is -2.50. The molecule has 2 aromatic heterocycles. The van der Waals surface area contributed by atoms with E-state index >= 15 is 0 Å². The van der Waals surface area contributed by atoms with Crippen LogP contribution >= 0.6 is 39.1 Å². The van der Waals surface area contributed by atoms with E-state index in [1.165, 1.54) is 18.3 Å². The largest absolute Gasteiger partial charge is 0.506 e. The number of amides is 2. The number of likely N-dealkylation sites (tertiary alicyclic amines) is 2. The molecular weight excluding hydrogens is 687 g/mol. The smallest absolute Gasteiger partial charge is 0.410 e. The Morgan fingerprint density at radius 1 is 0.800 bits per heavy atom. The number of carbonyl (C=O) groups is 2. The number of aromatic nitrogens is 2. The van der Waals surface area contributed by atoms with E-state index < -0.39 is 5.60 Å². The van der Waals surface area contributed by atoms with Crippen molar-refractivity contribution >= 4 is 51.3 Å². The van der Waals surface area contributed by atoms with Crippen LogP contribution in [0.1, 0.15) is 67.2 Å². The molecule has 0 radical (unpaired) electrons. The third kappa shape index (κ3) is 16.6. The first-order chi connectivity index (χ1) is 21.0. The molecule has 2 amide bonds. The first kappa shape index (κ1) is 38.7. The zero-order valence-corrected chi connectivity index (χ0v) is 30.2. The van der Waals surface area contributed by atoms with Gasteiger partial charge in [-0.2, -0.15) is 0 Å². The Bertz CT molecular complexity index is 1140. The Kier molecular flexibility index (Phi) is 16.0. The summed E-state index contributed by atoms with van der Waals surface area (Å²) < 4.78 is 16.4. The van der Waals surface area contributed by atoms with Crippen LogP contribution < -0.4 is 4.74 Å². The molecule has 0 unspecified atom stereocenters. The van der Waals surface area contributed by atoms with E-state index in [0.29, 0.717) is 41.8 Å². The second-order valence-electron chi connectivity index (χ2n) is 12.9. The zero-order chi connectivity index (χ0) is 33.6. The third-order valence-electron chi connectivity index (χ3n) is 6.65. The number of carbonyl (C=O) groups excluding carboxylic acids is 2. The van der Waals surface area contributed by atoms with Crippen molar-refractivity contribution in [3.63, 3.8) is 0 Å². The van der Waals surface area contributed by atoms with Gasteiger partial charge in [-0.15, -0.1) is 0 Å². The maximum Gasteiger partial charge on any atom is 0.410 e. The topological polar surface area (TPSA) is 114 Å². The van der Waals surface area contributed by atoms with Gasteiger partial charge >= 0.3 is 12.2 Å². The van der Waals surface area contributed by atoms with Crippen molar-refractivity contribution in [1.82, 2.24) is 19.8 Å². The van der Waals surface area contributed by atoms with Crippen LogP contribution in [0.4, 0.5) is 9.59 Å². The van der Waals surface area contributed by atoms with Crippen LogP contribution in [0.25, 0.3) is 0 Å². The average Bonchev–Trinajstić information content (AvgIpc) is 2.97. The number of ether oxygens (including phenoxy) is 3. The molecule has 0 spiro atoms. The number of piperidine rings is 2. The Labute approximate surface area is 285 Å². The highest BCUT2D eigenvalue weighted by Crippen LogP contribution is 2.22. The molecule has 0 aliphatic carbocycles. The molecular formula is C32H47BrCl2N4O6. The summed E-state index contributed by atoms with van der Waals surface area (Å²) in [5.74, 6) is 2.01. The van der Waals surface area contributed by atoms with Gasteiger partial charge in [-0.3, -0.25) is 0 Å². The van der Waals surface area contributed by atoms with Crippen molar-refractivity contribution in [1.29, 1.82) is 0 Å². The molecule has 2 aliphatic heterocycles. The highest BCUT2D eigenvalue weighted by Gasteiger charge is 2.28. The monoisotopic (exact) mass is 732 g/mol. The molecule has 0 saturated carbocycles. The molecule has 4 rings (SSSR count). The van der Waals surface area contributed by atoms with Crippen molar-refractivity contribution in [3.8, 4) is 11.5 Å². The highest BCUT2D eigenvalue weighted by atomic mass is 79.9. The summed E-state index contributed by atoms with van der Waals surface area (Å²) in [7, 11) is 0. The maximum atomic E-state index is 12.0. The van der Waals surface area contributed by atoms with Gasteiger partial charge in [0.15, 0.2) is 0 Å². The molecule has 45 heavy (non-hydrogen) atoms. The predicted molar refractivity (Wildman–Crippen MR) is 181 cm³/mol. The van der Waals surface area contributed by atoms with E-state index in [9.17, 15) is 9.59 Å². The van der Waals surface area contributed by atoms with E-state index in [2.05, 4.69) is 25.9 Å². The van der Waals surface area contributed by atoms with Crippen LogP contribution in [0, 0.1) is 11.8 Å². The van der Waals surface area contributed by atoms with Gasteiger partial charge in [0.1, 0.15) is 33.0 Å². The fourth-order valence-electron chi connectivity index (χ4n) is 4.23. The van der Waals surface area contributed by atoms with Gasteiger partial charge in [0.25, 0.3) is 0 Å². The number of pyridine rings is 2. The molecule has 0 bridgehead atoms. The second kappa shape index (κ2) is 18.6. The quantitative estimate of drug-likeness (QED) is 0.247. The molecule has 252 valence electrons. The first-order valence-electron chi connectivity index (χ1n) is 15.1. The minimum atomic E-state index is -0.446. The standard InChI is InChI=1S/C16H23ClN2O3.C11H20BrNO2.C5H4ClNO/c1-16(2,3)22-15(20)19-8-6-12(7-9-19)11-21-13-4-5-14(17)18-10-13;1-11(2,3)15-10(14)13-6-4-9(8-12)5-7-13;6-5-2-1-4(8)3-7-5/h4-5,10,12H,6-9,11H2,1-3H3;9H,4-8H2,1-3H3;1-3,8H. The summed E-state index contributed by atoms with van der Waals surface area (Å²) in [6, 6.07) is 6.53. The number of halogens is 3. The lowest BCUT2D eigenvalue weighted by atomic mass is 9.98. The lowest BCUT2D eigenvalue weighted by molar-refractivity contribution is 0.0161. The van der Waals surface area contributed by atoms with E-state index in [4.69, 9.17) is 42.5 Å². The molecule has 4 heterocycles. The SMILES string of the molecule is CC(C)(C)OC(=O)N1CCC(CBr)CC1.CC(C)(C)OC(=O)N1CCC(COc2ccc(Cl)nc2)CC1.Oc1ccc(Cl)nc1. The molecule has 10 nitrogen and oxygen atoms in total. The maximum absolute atomic E-state index is 12.0. The Morgan fingerprint density at radius 3 is 1.60 bits per heavy atom. The van der Waals surface area contributed by atoms with Gasteiger partial charge in [0.05, 0.1) is 19.0 Å². The predicted octanol–water partition coefficient (Wildman–Crippen LogP) is 8.23. The summed E-state index contributed by atoms with van der Waals surface area (Å²) in [5, 5.41) is 10.5. The number of hydrogen-bond donors (Lipinski definition) is 1. The first-order valence-corrected chi connectivity index (χ1v) is 17.0. The van der Waals surface area contributed by atoms with Crippen molar-refractivity contribution < 1.29 is 28.9 Å². The van der Waals surface area contributed by atoms with Crippen LogP contribution in [0.3, 0.4) is 0 Å². The molecule has 0 aromatic carbocycles. The van der Waals surface area contributed by atoms with Crippen LogP contribution in [-0.2, 0) is 9.47 Å². The zero-order valence-electron chi connectivity index (χ0n) is 27.1. The van der Waals surface area contributed by atoms with Gasteiger partial charge in [-0.1, -0.05) is 39.1 Å². The molecule has 13 heteroatoms. The number of aromatic hydroxyl groups is 1. The van der Waals surface area contributed by atoms with E-state index in [-0.39, 0.29) is 23.5 Å². The molecule has 2 fully saturated rings. The number of nitrogens with zero attached hydrogens (tertiary/aromatic N) is 4. The lowest BCUT2D eigenvalue weighted by Gasteiger charge is -2.33. The molecule has 1 N–H and O–H groups in total. The van der Waals surface area contributed by atoms with E-state index in [1.54, 1.807) is 17.2 Å². The van der Waals surface area contributed by atoms with Crippen molar-refractivity contribution in [3.05, 3.63) is 47.0 Å². The minimum Gasteiger partial charge on any atom is -0.506 e. The molecule has 0 atom stereocenters. The van der Waals surface area contributed by atoms with Crippen LogP contribution in [-0.4, -0.2) is 86.4 Å². The number of hydrogen-bond acceptors (Lipinski definition) is 8. The average molecular weight is 735 g/mol. The lowest BCUT2D eigenvalue weighted by Crippen LogP contribution is -2.42. The van der Waals surface area contributed by atoms with Gasteiger partial charge in [0, 0.05) is 31.5 Å². The number of alkyl halides is 1. The number of rotatable bonds is 4. The van der Waals surface area contributed by atoms with Gasteiger partial charge in [0.2, 0.25) is 0 Å². The summed E-state index contributed by atoms with van der Waals surface area (Å²) in [6.45, 7) is 15.0. The summed E-state index contributed by atoms with van der Waals surface area (Å²) in [4.78, 5) is 34.8. The summed E-state index contributed by atoms with van der Waals surface area (Å²) >= 11 is 14.6. The fourth-order valence-corrected chi connectivity index (χ4v) is 5.11. The third-order valence-corrected chi connectivity index (χ3v) is 8.01. The second-order valence-corrected chi connectivity index (χ2v) is 14.4. The Balaban J connectivity index is 0.000000263. The van der Waals surface area contributed by atoms with Crippen LogP contribution in [0.2, 0.25) is 10.3 Å².